The topological polar surface area (TPSA) is 81.2 Å². The van der Waals surface area contributed by atoms with E-state index in [1.54, 1.807) is 24.3 Å². The molecule has 1 fully saturated rings. The van der Waals surface area contributed by atoms with E-state index in [0.717, 1.165) is 32.4 Å². The van der Waals surface area contributed by atoms with Gasteiger partial charge in [0.2, 0.25) is 0 Å². The molecule has 1 N–H and O–H groups in total. The maximum absolute atomic E-state index is 12.4. The normalized spacial score (nSPS) is 20.4. The zero-order chi connectivity index (χ0) is 18.7. The number of carboxylic acid groups (broad SMARTS) is 1. The minimum atomic E-state index is -0.806. The average molecular weight is 396 g/mol. The second-order valence-corrected chi connectivity index (χ2v) is 7.04. The van der Waals surface area contributed by atoms with Crippen LogP contribution in [0, 0.1) is 0 Å². The van der Waals surface area contributed by atoms with Gasteiger partial charge in [0.05, 0.1) is 17.7 Å². The molecule has 3 rings (SSSR count). The SMILES string of the molecule is CN(CC(=O)O)C1CCCN(CCN2C(=O)c3ccccc3C2=O)CC1.Cl. The smallest absolute Gasteiger partial charge is 0.317 e. The summed E-state index contributed by atoms with van der Waals surface area (Å²) in [4.78, 5) is 41.2. The molecule has 148 valence electrons. The van der Waals surface area contributed by atoms with Crippen molar-refractivity contribution in [1.82, 2.24) is 14.7 Å². The number of halogens is 1. The van der Waals surface area contributed by atoms with Crippen LogP contribution >= 0.6 is 12.4 Å². The van der Waals surface area contributed by atoms with Crippen molar-refractivity contribution in [2.75, 3.05) is 39.8 Å². The highest BCUT2D eigenvalue weighted by molar-refractivity contribution is 6.21. The average Bonchev–Trinajstić information content (AvgIpc) is 2.78. The molecule has 0 saturated carbocycles. The van der Waals surface area contributed by atoms with Gasteiger partial charge in [-0.25, -0.2) is 0 Å². The molecule has 0 spiro atoms. The van der Waals surface area contributed by atoms with Crippen molar-refractivity contribution in [2.24, 2.45) is 0 Å². The van der Waals surface area contributed by atoms with Gasteiger partial charge >= 0.3 is 5.97 Å². The number of likely N-dealkylation sites (N-methyl/N-ethyl adjacent to an activating group) is 1. The van der Waals surface area contributed by atoms with E-state index >= 15 is 0 Å². The Kier molecular flexibility index (Phi) is 7.35. The maximum atomic E-state index is 12.4. The molecule has 1 unspecified atom stereocenters. The van der Waals surface area contributed by atoms with Gasteiger partial charge in [0, 0.05) is 19.1 Å². The van der Waals surface area contributed by atoms with Crippen LogP contribution in [0.15, 0.2) is 24.3 Å². The predicted octanol–water partition coefficient (Wildman–Crippen LogP) is 1.58. The zero-order valence-corrected chi connectivity index (χ0v) is 16.3. The standard InChI is InChI=1S/C19H25N3O4.ClH/c1-20(13-17(23)24)14-5-4-9-21(10-8-14)11-12-22-18(25)15-6-2-3-7-16(15)19(22)26;/h2-3,6-7,14H,4-5,8-13H2,1H3,(H,23,24);1H. The second-order valence-electron chi connectivity index (χ2n) is 7.04. The third kappa shape index (κ3) is 4.86. The largest absolute Gasteiger partial charge is 0.480 e. The summed E-state index contributed by atoms with van der Waals surface area (Å²) in [5.41, 5.74) is 0.979. The summed E-state index contributed by atoms with van der Waals surface area (Å²) in [6.45, 7) is 2.85. The fourth-order valence-electron chi connectivity index (χ4n) is 3.83. The number of likely N-dealkylation sites (tertiary alicyclic amines) is 1. The van der Waals surface area contributed by atoms with Gasteiger partial charge in [-0.05, 0) is 51.5 Å². The summed E-state index contributed by atoms with van der Waals surface area (Å²) in [6, 6.07) is 7.20. The van der Waals surface area contributed by atoms with Crippen molar-refractivity contribution < 1.29 is 19.5 Å². The molecule has 2 amide bonds. The van der Waals surface area contributed by atoms with Crippen LogP contribution < -0.4 is 0 Å². The number of hydrogen-bond donors (Lipinski definition) is 1. The predicted molar refractivity (Wildman–Crippen MR) is 103 cm³/mol. The number of benzene rings is 1. The second kappa shape index (κ2) is 9.30. The van der Waals surface area contributed by atoms with Crippen LogP contribution in [0.5, 0.6) is 0 Å². The van der Waals surface area contributed by atoms with E-state index in [1.807, 2.05) is 11.9 Å². The number of rotatable bonds is 6. The first-order chi connectivity index (χ1) is 12.5. The Morgan fingerprint density at radius 3 is 2.33 bits per heavy atom. The van der Waals surface area contributed by atoms with Gasteiger partial charge in [-0.15, -0.1) is 12.4 Å². The Labute approximate surface area is 165 Å². The summed E-state index contributed by atoms with van der Waals surface area (Å²) >= 11 is 0. The third-order valence-electron chi connectivity index (χ3n) is 5.32. The minimum Gasteiger partial charge on any atom is -0.480 e. The molecule has 0 aliphatic carbocycles. The van der Waals surface area contributed by atoms with Crippen LogP contribution in [-0.4, -0.2) is 83.4 Å². The molecule has 1 saturated heterocycles. The van der Waals surface area contributed by atoms with Crippen LogP contribution in [-0.2, 0) is 4.79 Å². The molecule has 1 atom stereocenters. The highest BCUT2D eigenvalue weighted by atomic mass is 35.5. The van der Waals surface area contributed by atoms with Gasteiger partial charge in [0.25, 0.3) is 11.8 Å². The summed E-state index contributed by atoms with van der Waals surface area (Å²) in [7, 11) is 1.85. The maximum Gasteiger partial charge on any atom is 0.317 e. The van der Waals surface area contributed by atoms with Gasteiger partial charge in [0.15, 0.2) is 0 Å². The third-order valence-corrected chi connectivity index (χ3v) is 5.32. The molecule has 0 radical (unpaired) electrons. The molecule has 2 aliphatic rings. The first-order valence-corrected chi connectivity index (χ1v) is 9.07. The lowest BCUT2D eigenvalue weighted by atomic mass is 10.1. The summed E-state index contributed by atoms with van der Waals surface area (Å²) in [5.74, 6) is -1.22. The number of carbonyl (C=O) groups is 3. The number of fused-ring (bicyclic) bond motifs is 1. The summed E-state index contributed by atoms with van der Waals surface area (Å²) < 4.78 is 0. The number of carboxylic acids is 1. The van der Waals surface area contributed by atoms with Crippen molar-refractivity contribution in [3.05, 3.63) is 35.4 Å². The molecule has 7 nitrogen and oxygen atoms in total. The fourth-order valence-corrected chi connectivity index (χ4v) is 3.83. The van der Waals surface area contributed by atoms with Crippen molar-refractivity contribution >= 4 is 30.2 Å². The van der Waals surface area contributed by atoms with Crippen LogP contribution in [0.3, 0.4) is 0 Å². The van der Waals surface area contributed by atoms with Gasteiger partial charge in [-0.2, -0.15) is 0 Å². The quantitative estimate of drug-likeness (QED) is 0.736. The zero-order valence-electron chi connectivity index (χ0n) is 15.5. The number of carbonyl (C=O) groups excluding carboxylic acids is 2. The number of nitrogens with zero attached hydrogens (tertiary/aromatic N) is 3. The van der Waals surface area contributed by atoms with Crippen LogP contribution in [0.25, 0.3) is 0 Å². The number of aliphatic carboxylic acids is 1. The van der Waals surface area contributed by atoms with E-state index in [9.17, 15) is 14.4 Å². The Bertz CT molecular complexity index is 677. The molecule has 0 bridgehead atoms. The van der Waals surface area contributed by atoms with E-state index in [-0.39, 0.29) is 36.8 Å². The molecule has 1 aromatic carbocycles. The van der Waals surface area contributed by atoms with Crippen molar-refractivity contribution in [3.8, 4) is 0 Å². The van der Waals surface area contributed by atoms with Crippen LogP contribution in [0.1, 0.15) is 40.0 Å². The first-order valence-electron chi connectivity index (χ1n) is 9.07. The Morgan fingerprint density at radius 2 is 1.74 bits per heavy atom. The van der Waals surface area contributed by atoms with Gasteiger partial charge < -0.3 is 10.0 Å². The lowest BCUT2D eigenvalue weighted by Crippen LogP contribution is -2.39. The number of amides is 2. The van der Waals surface area contributed by atoms with Crippen molar-refractivity contribution in [3.63, 3.8) is 0 Å². The first kappa shape index (κ1) is 21.3. The molecule has 0 aromatic heterocycles. The molecular formula is C19H26ClN3O4. The van der Waals surface area contributed by atoms with Crippen molar-refractivity contribution in [1.29, 1.82) is 0 Å². The highest BCUT2D eigenvalue weighted by Gasteiger charge is 2.35. The molecule has 1 aromatic rings. The Morgan fingerprint density at radius 1 is 1.11 bits per heavy atom. The van der Waals surface area contributed by atoms with Crippen LogP contribution in [0.2, 0.25) is 0 Å². The van der Waals surface area contributed by atoms with E-state index in [0.29, 0.717) is 24.2 Å². The van der Waals surface area contributed by atoms with Crippen LogP contribution in [0.4, 0.5) is 0 Å². The molecular weight excluding hydrogens is 370 g/mol. The van der Waals surface area contributed by atoms with E-state index in [4.69, 9.17) is 5.11 Å². The monoisotopic (exact) mass is 395 g/mol. The van der Waals surface area contributed by atoms with E-state index in [2.05, 4.69) is 4.90 Å². The molecule has 2 heterocycles. The molecule has 2 aliphatic heterocycles. The lowest BCUT2D eigenvalue weighted by Gasteiger charge is -2.26. The number of hydrogen-bond acceptors (Lipinski definition) is 5. The Balaban J connectivity index is 0.00000261. The van der Waals surface area contributed by atoms with E-state index < -0.39 is 5.97 Å². The Hall–Kier alpha value is -1.96. The summed E-state index contributed by atoms with van der Waals surface area (Å²) in [5, 5.41) is 8.94. The molecule has 27 heavy (non-hydrogen) atoms. The fraction of sp³-hybridized carbons (Fsp3) is 0.526. The lowest BCUT2D eigenvalue weighted by molar-refractivity contribution is -0.138. The van der Waals surface area contributed by atoms with Crippen molar-refractivity contribution in [2.45, 2.75) is 25.3 Å². The van der Waals surface area contributed by atoms with Gasteiger partial charge in [-0.3, -0.25) is 24.2 Å². The van der Waals surface area contributed by atoms with Gasteiger partial charge in [-0.1, -0.05) is 12.1 Å². The molecule has 8 heteroatoms. The highest BCUT2D eigenvalue weighted by Crippen LogP contribution is 2.22. The number of imide groups is 1. The minimum absolute atomic E-state index is 0. The summed E-state index contributed by atoms with van der Waals surface area (Å²) in [6.07, 6.45) is 2.84. The van der Waals surface area contributed by atoms with E-state index in [1.165, 1.54) is 4.90 Å². The van der Waals surface area contributed by atoms with Gasteiger partial charge in [0.1, 0.15) is 0 Å².